The molecule has 3 atom stereocenters. The van der Waals surface area contributed by atoms with Crippen molar-refractivity contribution in [3.63, 3.8) is 0 Å². The minimum atomic E-state index is -5.25. The summed E-state index contributed by atoms with van der Waals surface area (Å²) in [7, 11) is 0. The van der Waals surface area contributed by atoms with Crippen LogP contribution in [-0.4, -0.2) is 38.5 Å². The Bertz CT molecular complexity index is 1350. The molecule has 40 heavy (non-hydrogen) atoms. The molecule has 1 aliphatic heterocycles. The van der Waals surface area contributed by atoms with Crippen LogP contribution in [0.3, 0.4) is 0 Å². The van der Waals surface area contributed by atoms with E-state index < -0.39 is 77.0 Å². The van der Waals surface area contributed by atoms with Gasteiger partial charge in [-0.1, -0.05) is 36.8 Å². The minimum absolute atomic E-state index is 0.0647. The topological polar surface area (TPSA) is 134 Å². The van der Waals surface area contributed by atoms with Gasteiger partial charge < -0.3 is 24.7 Å². The van der Waals surface area contributed by atoms with Gasteiger partial charge in [0.15, 0.2) is 5.69 Å². The minimum Gasteiger partial charge on any atom is -0.473 e. The maximum atomic E-state index is 13.9. The number of fused-ring (bicyclic) bond motifs is 5. The Morgan fingerprint density at radius 1 is 1.15 bits per heavy atom. The van der Waals surface area contributed by atoms with Gasteiger partial charge in [0.1, 0.15) is 18.3 Å². The number of anilines is 1. The predicted octanol–water partition coefficient (Wildman–Crippen LogP) is 5.18. The number of hydrogen-bond donors (Lipinski definition) is 2. The van der Waals surface area contributed by atoms with Crippen molar-refractivity contribution in [2.75, 3.05) is 5.73 Å². The Balaban J connectivity index is 1.76. The highest BCUT2D eigenvalue weighted by atomic mass is 19.4. The van der Waals surface area contributed by atoms with E-state index in [4.69, 9.17) is 19.6 Å². The largest absolute Gasteiger partial charge is 0.473 e. The van der Waals surface area contributed by atoms with Gasteiger partial charge in [0, 0.05) is 0 Å². The number of nitrogens with zero attached hydrogens (tertiary/aromatic N) is 3. The molecule has 1 aliphatic rings. The number of nitrogen functional groups attached to an aromatic ring is 1. The summed E-state index contributed by atoms with van der Waals surface area (Å²) in [5.74, 6) is -5.04. The molecular weight excluding hydrogens is 550 g/mol. The van der Waals surface area contributed by atoms with E-state index in [1.807, 2.05) is 0 Å². The van der Waals surface area contributed by atoms with Crippen LogP contribution in [0.15, 0.2) is 40.8 Å². The Hall–Kier alpha value is -3.88. The van der Waals surface area contributed by atoms with Crippen molar-refractivity contribution in [3.8, 4) is 17.5 Å². The SMILES string of the molecule is C[C@H]1Oc2nc(c(N)cc2C(F)(F)F)-c2nnc(o2)[C@@](O)(C(F)(F)F)CCCCC1C(=O)OCc1ccccc1. The number of aromatic nitrogens is 3. The molecule has 4 bridgehead atoms. The first kappa shape index (κ1) is 29.1. The van der Waals surface area contributed by atoms with Gasteiger partial charge in [-0.3, -0.25) is 4.79 Å². The third kappa shape index (κ3) is 5.98. The monoisotopic (exact) mass is 574 g/mol. The standard InChI is InChI=1S/C25H24F6N4O5/c1-13-15(21(36)38-12-14-7-3-2-4-8-14)9-5-6-10-23(37,25(29,30)31)22-35-34-20(40-22)18-17(32)11-16(24(26,27)28)19(33-18)39-13/h2-4,7-8,11,13,15,37H,5-6,9-10,12,32H2,1H3/t13-,15?,23-/m1/s1. The number of halogens is 6. The van der Waals surface area contributed by atoms with Crippen LogP contribution in [0.25, 0.3) is 11.6 Å². The molecule has 4 rings (SSSR count). The first-order valence-electron chi connectivity index (χ1n) is 12.1. The van der Waals surface area contributed by atoms with Gasteiger partial charge in [0.2, 0.25) is 11.5 Å². The number of carbonyl (C=O) groups is 1. The molecule has 1 unspecified atom stereocenters. The lowest BCUT2D eigenvalue weighted by atomic mass is 9.91. The average Bonchev–Trinajstić information content (AvgIpc) is 3.37. The molecule has 216 valence electrons. The highest BCUT2D eigenvalue weighted by molar-refractivity contribution is 5.73. The molecule has 0 fully saturated rings. The van der Waals surface area contributed by atoms with Crippen molar-refractivity contribution in [3.05, 3.63) is 53.4 Å². The lowest BCUT2D eigenvalue weighted by Crippen LogP contribution is -2.42. The Morgan fingerprint density at radius 3 is 2.50 bits per heavy atom. The molecule has 0 radical (unpaired) electrons. The van der Waals surface area contributed by atoms with Gasteiger partial charge in [-0.05, 0) is 37.8 Å². The van der Waals surface area contributed by atoms with Crippen molar-refractivity contribution in [1.29, 1.82) is 0 Å². The van der Waals surface area contributed by atoms with E-state index in [0.717, 1.165) is 0 Å². The summed E-state index contributed by atoms with van der Waals surface area (Å²) in [5.41, 5.74) is 0.150. The molecule has 0 aliphatic carbocycles. The maximum absolute atomic E-state index is 13.9. The van der Waals surface area contributed by atoms with Crippen LogP contribution in [0.2, 0.25) is 0 Å². The van der Waals surface area contributed by atoms with Gasteiger partial charge in [0.05, 0.1) is 11.6 Å². The second-order valence-corrected chi connectivity index (χ2v) is 9.32. The molecule has 2 aromatic heterocycles. The first-order valence-corrected chi connectivity index (χ1v) is 12.1. The number of pyridine rings is 1. The lowest BCUT2D eigenvalue weighted by Gasteiger charge is -2.28. The fourth-order valence-electron chi connectivity index (χ4n) is 4.22. The number of alkyl halides is 6. The Labute approximate surface area is 223 Å². The number of ether oxygens (including phenoxy) is 2. The number of hydrogen-bond acceptors (Lipinski definition) is 9. The zero-order valence-corrected chi connectivity index (χ0v) is 20.9. The van der Waals surface area contributed by atoms with Crippen LogP contribution in [-0.2, 0) is 27.9 Å². The summed E-state index contributed by atoms with van der Waals surface area (Å²) < 4.78 is 99.3. The number of aliphatic hydroxyl groups is 1. The highest BCUT2D eigenvalue weighted by Gasteiger charge is 2.58. The summed E-state index contributed by atoms with van der Waals surface area (Å²) in [6, 6.07) is 9.02. The van der Waals surface area contributed by atoms with Crippen LogP contribution in [0.1, 0.15) is 49.6 Å². The van der Waals surface area contributed by atoms with Crippen LogP contribution in [0, 0.1) is 5.92 Å². The normalized spacial score (nSPS) is 22.2. The summed E-state index contributed by atoms with van der Waals surface area (Å²) in [5, 5.41) is 17.3. The number of rotatable bonds is 3. The van der Waals surface area contributed by atoms with E-state index in [1.165, 1.54) is 6.92 Å². The van der Waals surface area contributed by atoms with Gasteiger partial charge in [-0.2, -0.15) is 26.3 Å². The van der Waals surface area contributed by atoms with Crippen LogP contribution in [0.5, 0.6) is 5.88 Å². The molecule has 9 nitrogen and oxygen atoms in total. The Morgan fingerprint density at radius 2 is 1.85 bits per heavy atom. The highest BCUT2D eigenvalue weighted by Crippen LogP contribution is 2.44. The lowest BCUT2D eigenvalue weighted by molar-refractivity contribution is -0.277. The first-order chi connectivity index (χ1) is 18.7. The second-order valence-electron chi connectivity index (χ2n) is 9.32. The van der Waals surface area contributed by atoms with Crippen molar-refractivity contribution in [1.82, 2.24) is 15.2 Å². The molecule has 0 amide bonds. The van der Waals surface area contributed by atoms with E-state index in [2.05, 4.69) is 15.2 Å². The number of benzene rings is 1. The quantitative estimate of drug-likeness (QED) is 0.321. The van der Waals surface area contributed by atoms with Crippen LogP contribution in [0.4, 0.5) is 32.0 Å². The van der Waals surface area contributed by atoms with Crippen molar-refractivity contribution in [2.45, 2.75) is 63.3 Å². The van der Waals surface area contributed by atoms with Crippen LogP contribution < -0.4 is 10.5 Å². The molecule has 15 heteroatoms. The summed E-state index contributed by atoms with van der Waals surface area (Å²) in [6.45, 7) is 1.17. The summed E-state index contributed by atoms with van der Waals surface area (Å²) >= 11 is 0. The fraction of sp³-hybridized carbons (Fsp3) is 0.440. The third-order valence-electron chi connectivity index (χ3n) is 6.47. The molecule has 3 aromatic rings. The van der Waals surface area contributed by atoms with E-state index in [1.54, 1.807) is 30.3 Å². The molecule has 0 saturated carbocycles. The fourth-order valence-corrected chi connectivity index (χ4v) is 4.22. The van der Waals surface area contributed by atoms with Gasteiger partial charge in [0.25, 0.3) is 11.8 Å². The third-order valence-corrected chi connectivity index (χ3v) is 6.47. The second kappa shape index (κ2) is 10.9. The molecule has 0 spiro atoms. The molecule has 1 aromatic carbocycles. The van der Waals surface area contributed by atoms with Gasteiger partial charge >= 0.3 is 18.3 Å². The van der Waals surface area contributed by atoms with Crippen molar-refractivity contribution in [2.24, 2.45) is 5.92 Å². The van der Waals surface area contributed by atoms with E-state index >= 15 is 0 Å². The van der Waals surface area contributed by atoms with E-state index in [0.29, 0.717) is 11.6 Å². The van der Waals surface area contributed by atoms with E-state index in [-0.39, 0.29) is 25.9 Å². The predicted molar refractivity (Wildman–Crippen MR) is 125 cm³/mol. The van der Waals surface area contributed by atoms with Crippen molar-refractivity contribution >= 4 is 11.7 Å². The number of nitrogens with two attached hydrogens (primary N) is 1. The Kier molecular flexibility index (Phi) is 7.97. The zero-order chi connectivity index (χ0) is 29.3. The average molecular weight is 574 g/mol. The van der Waals surface area contributed by atoms with E-state index in [9.17, 15) is 36.2 Å². The maximum Gasteiger partial charge on any atom is 0.426 e. The van der Waals surface area contributed by atoms with Crippen molar-refractivity contribution < 1.29 is 50.1 Å². The zero-order valence-electron chi connectivity index (χ0n) is 20.9. The summed E-state index contributed by atoms with van der Waals surface area (Å²) in [4.78, 5) is 16.8. The smallest absolute Gasteiger partial charge is 0.426 e. The summed E-state index contributed by atoms with van der Waals surface area (Å²) in [6.07, 6.45) is -12.9. The van der Waals surface area contributed by atoms with Crippen LogP contribution >= 0.6 is 0 Å². The number of carbonyl (C=O) groups excluding carboxylic acids is 1. The molecule has 3 N–H and O–H groups in total. The van der Waals surface area contributed by atoms with Gasteiger partial charge in [-0.15, -0.1) is 10.2 Å². The number of esters is 1. The molecule has 3 heterocycles. The molecular formula is C25H24F6N4O5. The molecule has 0 saturated heterocycles. The van der Waals surface area contributed by atoms with Gasteiger partial charge in [-0.25, -0.2) is 4.98 Å².